The highest BCUT2D eigenvalue weighted by molar-refractivity contribution is 5.75. The summed E-state index contributed by atoms with van der Waals surface area (Å²) in [6.45, 7) is 0.214. The van der Waals surface area contributed by atoms with E-state index in [-0.39, 0.29) is 13.0 Å². The second-order valence-corrected chi connectivity index (χ2v) is 3.15. The van der Waals surface area contributed by atoms with E-state index in [9.17, 15) is 9.59 Å². The Hall–Kier alpha value is -1.68. The third-order valence-electron chi connectivity index (χ3n) is 1.82. The lowest BCUT2D eigenvalue weighted by molar-refractivity contribution is -0.145. The van der Waals surface area contributed by atoms with E-state index >= 15 is 0 Å². The highest BCUT2D eigenvalue weighted by Crippen LogP contribution is 2.01. The van der Waals surface area contributed by atoms with Crippen LogP contribution in [0.5, 0.6) is 0 Å². The molecule has 1 unspecified atom stereocenters. The minimum absolute atomic E-state index is 0.0731. The molecule has 0 aliphatic carbocycles. The van der Waals surface area contributed by atoms with Gasteiger partial charge in [-0.1, -0.05) is 30.3 Å². The number of carbonyl (C=O) groups excluding carboxylic acids is 2. The van der Waals surface area contributed by atoms with Gasteiger partial charge in [0.25, 0.3) is 0 Å². The molecule has 0 bridgehead atoms. The second kappa shape index (κ2) is 5.93. The maximum absolute atomic E-state index is 11.1. The predicted molar refractivity (Wildman–Crippen MR) is 54.9 cm³/mol. The molecule has 0 fully saturated rings. The number of nitrogens with two attached hydrogens (primary N) is 1. The van der Waals surface area contributed by atoms with Crippen LogP contribution in [-0.2, 0) is 20.9 Å². The summed E-state index contributed by atoms with van der Waals surface area (Å²) in [6, 6.07) is 8.54. The van der Waals surface area contributed by atoms with Crippen molar-refractivity contribution in [3.63, 3.8) is 0 Å². The Morgan fingerprint density at radius 3 is 2.67 bits per heavy atom. The van der Waals surface area contributed by atoms with Gasteiger partial charge in [0.15, 0.2) is 0 Å². The molecule has 4 heteroatoms. The first-order valence-electron chi connectivity index (χ1n) is 4.63. The molecule has 0 spiro atoms. The number of benzene rings is 1. The van der Waals surface area contributed by atoms with E-state index in [0.29, 0.717) is 6.29 Å². The van der Waals surface area contributed by atoms with Gasteiger partial charge in [-0.05, 0) is 5.56 Å². The van der Waals surface area contributed by atoms with Crippen LogP contribution in [-0.4, -0.2) is 18.3 Å². The summed E-state index contributed by atoms with van der Waals surface area (Å²) < 4.78 is 4.92. The van der Waals surface area contributed by atoms with Crippen molar-refractivity contribution in [1.29, 1.82) is 0 Å². The first-order chi connectivity index (χ1) is 7.22. The van der Waals surface area contributed by atoms with Gasteiger partial charge in [-0.2, -0.15) is 0 Å². The lowest BCUT2D eigenvalue weighted by Gasteiger charge is -2.05. The molecule has 0 amide bonds. The van der Waals surface area contributed by atoms with Crippen LogP contribution in [0.1, 0.15) is 12.0 Å². The van der Waals surface area contributed by atoms with Gasteiger partial charge in [-0.3, -0.25) is 4.79 Å². The summed E-state index contributed by atoms with van der Waals surface area (Å²) in [5, 5.41) is 0. The zero-order valence-electron chi connectivity index (χ0n) is 8.26. The molecular weight excluding hydrogens is 194 g/mol. The van der Waals surface area contributed by atoms with E-state index in [2.05, 4.69) is 0 Å². The number of hydrogen-bond acceptors (Lipinski definition) is 4. The molecule has 0 heterocycles. The molecule has 15 heavy (non-hydrogen) atoms. The normalized spacial score (nSPS) is 11.8. The maximum atomic E-state index is 11.1. The molecule has 1 rings (SSSR count). The van der Waals surface area contributed by atoms with Gasteiger partial charge in [0.05, 0.1) is 12.5 Å². The number of rotatable bonds is 5. The molecule has 80 valence electrons. The van der Waals surface area contributed by atoms with Crippen molar-refractivity contribution in [2.75, 3.05) is 0 Å². The van der Waals surface area contributed by atoms with E-state index in [4.69, 9.17) is 10.5 Å². The molecule has 1 aromatic carbocycles. The Morgan fingerprint density at radius 2 is 2.07 bits per heavy atom. The number of esters is 1. The van der Waals surface area contributed by atoms with E-state index < -0.39 is 12.0 Å². The van der Waals surface area contributed by atoms with E-state index in [1.54, 1.807) is 0 Å². The monoisotopic (exact) mass is 207 g/mol. The van der Waals surface area contributed by atoms with Crippen LogP contribution in [0.15, 0.2) is 30.3 Å². The van der Waals surface area contributed by atoms with Gasteiger partial charge in [0, 0.05) is 0 Å². The average Bonchev–Trinajstić information content (AvgIpc) is 2.27. The van der Waals surface area contributed by atoms with Gasteiger partial charge in [0.1, 0.15) is 12.9 Å². The molecule has 0 aliphatic rings. The van der Waals surface area contributed by atoms with Crippen molar-refractivity contribution in [1.82, 2.24) is 0 Å². The van der Waals surface area contributed by atoms with Crippen LogP contribution >= 0.6 is 0 Å². The fourth-order valence-corrected chi connectivity index (χ4v) is 1.04. The number of aldehydes is 1. The van der Waals surface area contributed by atoms with Crippen molar-refractivity contribution < 1.29 is 14.3 Å². The van der Waals surface area contributed by atoms with Crippen molar-refractivity contribution >= 4 is 12.3 Å². The van der Waals surface area contributed by atoms with Crippen LogP contribution in [0.3, 0.4) is 0 Å². The first-order valence-corrected chi connectivity index (χ1v) is 4.63. The Morgan fingerprint density at radius 1 is 1.40 bits per heavy atom. The molecule has 1 aromatic rings. The van der Waals surface area contributed by atoms with Gasteiger partial charge >= 0.3 is 5.97 Å². The van der Waals surface area contributed by atoms with Crippen molar-refractivity contribution in [3.8, 4) is 0 Å². The summed E-state index contributed by atoms with van der Waals surface area (Å²) in [6.07, 6.45) is 0.458. The number of carbonyl (C=O) groups is 2. The topological polar surface area (TPSA) is 69.4 Å². The van der Waals surface area contributed by atoms with Crippen LogP contribution < -0.4 is 5.73 Å². The van der Waals surface area contributed by atoms with E-state index in [1.807, 2.05) is 30.3 Å². The van der Waals surface area contributed by atoms with E-state index in [0.717, 1.165) is 5.56 Å². The molecule has 4 nitrogen and oxygen atoms in total. The van der Waals surface area contributed by atoms with Gasteiger partial charge in [0.2, 0.25) is 0 Å². The number of hydrogen-bond donors (Lipinski definition) is 1. The molecule has 0 saturated carbocycles. The quantitative estimate of drug-likeness (QED) is 0.568. The molecule has 0 aromatic heterocycles. The number of ether oxygens (including phenoxy) is 1. The minimum atomic E-state index is -0.770. The summed E-state index contributed by atoms with van der Waals surface area (Å²) in [5.74, 6) is -0.460. The largest absolute Gasteiger partial charge is 0.461 e. The second-order valence-electron chi connectivity index (χ2n) is 3.15. The summed E-state index contributed by atoms with van der Waals surface area (Å²) >= 11 is 0. The SMILES string of the molecule is NC(C=O)CC(=O)OCc1ccccc1. The zero-order chi connectivity index (χ0) is 11.1. The predicted octanol–water partition coefficient (Wildman–Crippen LogP) is 0.646. The summed E-state index contributed by atoms with van der Waals surface area (Å²) in [7, 11) is 0. The average molecular weight is 207 g/mol. The van der Waals surface area contributed by atoms with Crippen molar-refractivity contribution in [2.45, 2.75) is 19.1 Å². The molecular formula is C11H13NO3. The first kappa shape index (κ1) is 11.4. The fourth-order valence-electron chi connectivity index (χ4n) is 1.04. The Balaban J connectivity index is 2.31. The van der Waals surface area contributed by atoms with Gasteiger partial charge < -0.3 is 15.3 Å². The smallest absolute Gasteiger partial charge is 0.308 e. The lowest BCUT2D eigenvalue weighted by Crippen LogP contribution is -2.26. The summed E-state index contributed by atoms with van der Waals surface area (Å²) in [5.41, 5.74) is 6.18. The Bertz CT molecular complexity index is 324. The molecule has 0 radical (unpaired) electrons. The van der Waals surface area contributed by atoms with Gasteiger partial charge in [-0.25, -0.2) is 0 Å². The summed E-state index contributed by atoms with van der Waals surface area (Å²) in [4.78, 5) is 21.3. The standard InChI is InChI=1S/C11H13NO3/c12-10(7-13)6-11(14)15-8-9-4-2-1-3-5-9/h1-5,7,10H,6,8,12H2. The highest BCUT2D eigenvalue weighted by Gasteiger charge is 2.09. The maximum Gasteiger partial charge on any atom is 0.308 e. The molecule has 0 saturated heterocycles. The fraction of sp³-hybridized carbons (Fsp3) is 0.273. The molecule has 0 aliphatic heterocycles. The highest BCUT2D eigenvalue weighted by atomic mass is 16.5. The van der Waals surface area contributed by atoms with E-state index in [1.165, 1.54) is 0 Å². The van der Waals surface area contributed by atoms with Crippen molar-refractivity contribution in [2.24, 2.45) is 5.73 Å². The lowest BCUT2D eigenvalue weighted by atomic mass is 10.2. The zero-order valence-corrected chi connectivity index (χ0v) is 8.26. The Labute approximate surface area is 88.0 Å². The third-order valence-corrected chi connectivity index (χ3v) is 1.82. The van der Waals surface area contributed by atoms with Crippen molar-refractivity contribution in [3.05, 3.63) is 35.9 Å². The van der Waals surface area contributed by atoms with Crippen LogP contribution in [0, 0.1) is 0 Å². The van der Waals surface area contributed by atoms with Crippen LogP contribution in [0.2, 0.25) is 0 Å². The molecule has 2 N–H and O–H groups in total. The van der Waals surface area contributed by atoms with Crippen LogP contribution in [0.4, 0.5) is 0 Å². The van der Waals surface area contributed by atoms with Gasteiger partial charge in [-0.15, -0.1) is 0 Å². The van der Waals surface area contributed by atoms with Crippen LogP contribution in [0.25, 0.3) is 0 Å². The Kier molecular flexibility index (Phi) is 4.50. The minimum Gasteiger partial charge on any atom is -0.461 e. The third kappa shape index (κ3) is 4.37. The molecule has 1 atom stereocenters.